The number of benzene rings is 2. The highest BCUT2D eigenvalue weighted by molar-refractivity contribution is 7.91. The van der Waals surface area contributed by atoms with Crippen molar-refractivity contribution in [1.29, 1.82) is 0 Å². The van der Waals surface area contributed by atoms with Crippen molar-refractivity contribution >= 4 is 33.0 Å². The van der Waals surface area contributed by atoms with E-state index < -0.39 is 26.4 Å². The Balaban J connectivity index is 2.21. The van der Waals surface area contributed by atoms with E-state index in [9.17, 15) is 22.0 Å². The Morgan fingerprint density at radius 1 is 1.13 bits per heavy atom. The molecule has 0 saturated carbocycles. The molecule has 0 aliphatic heterocycles. The Morgan fingerprint density at radius 3 is 2.26 bits per heavy atom. The maximum Gasteiger partial charge on any atom is 0.341 e. The zero-order valence-electron chi connectivity index (χ0n) is 11.9. The number of nitrogens with one attached hydrogen (secondary N) is 1. The van der Waals surface area contributed by atoms with E-state index in [1.165, 1.54) is 0 Å². The monoisotopic (exact) mass is 359 g/mol. The molecule has 0 aliphatic carbocycles. The minimum atomic E-state index is -4.68. The molecular formula is C15H12ClF2NO3S. The van der Waals surface area contributed by atoms with Crippen molar-refractivity contribution in [3.8, 4) is 0 Å². The summed E-state index contributed by atoms with van der Waals surface area (Å²) < 4.78 is 47.5. The Labute approximate surface area is 137 Å². The van der Waals surface area contributed by atoms with Gasteiger partial charge >= 0.3 is 5.76 Å². The fourth-order valence-electron chi connectivity index (χ4n) is 1.81. The Hall–Kier alpha value is -1.99. The standard InChI is InChI=1S/C15H12ClF2NO3S/c1-9-2-7-13(12(16)8-9)19-14(20)10-3-5-11(6-4-10)23(21,22)15(17)18/h2-8,15H,1H3,(H,19,20). The number of carbonyl (C=O) groups excluding carboxylic acids is 1. The summed E-state index contributed by atoms with van der Waals surface area (Å²) in [6.07, 6.45) is 0. The number of sulfone groups is 1. The number of carbonyl (C=O) groups is 1. The molecule has 0 fully saturated rings. The van der Waals surface area contributed by atoms with E-state index in [4.69, 9.17) is 11.6 Å². The third kappa shape index (κ3) is 3.86. The predicted octanol–water partition coefficient (Wildman–Crippen LogP) is 3.90. The van der Waals surface area contributed by atoms with Crippen LogP contribution < -0.4 is 5.32 Å². The molecule has 0 radical (unpaired) electrons. The smallest absolute Gasteiger partial charge is 0.321 e. The number of halogens is 3. The first kappa shape index (κ1) is 17.4. The van der Waals surface area contributed by atoms with E-state index in [0.717, 1.165) is 29.8 Å². The second-order valence-corrected chi connectivity index (χ2v) is 7.09. The molecule has 0 saturated heterocycles. The Kier molecular flexibility index (Phi) is 5.01. The quantitative estimate of drug-likeness (QED) is 0.900. The molecule has 8 heteroatoms. The molecule has 1 amide bonds. The van der Waals surface area contributed by atoms with Gasteiger partial charge in [0.05, 0.1) is 15.6 Å². The molecule has 0 aliphatic rings. The van der Waals surface area contributed by atoms with E-state index in [-0.39, 0.29) is 5.56 Å². The van der Waals surface area contributed by atoms with Gasteiger partial charge in [0, 0.05) is 5.56 Å². The summed E-state index contributed by atoms with van der Waals surface area (Å²) in [5.41, 5.74) is 1.44. The molecule has 23 heavy (non-hydrogen) atoms. The van der Waals surface area contributed by atoms with E-state index in [1.807, 2.05) is 6.92 Å². The third-order valence-electron chi connectivity index (χ3n) is 3.05. The summed E-state index contributed by atoms with van der Waals surface area (Å²) in [7, 11) is -4.68. The normalized spacial score (nSPS) is 11.5. The lowest BCUT2D eigenvalue weighted by Gasteiger charge is -2.09. The van der Waals surface area contributed by atoms with Crippen molar-refractivity contribution in [2.45, 2.75) is 17.6 Å². The topological polar surface area (TPSA) is 63.2 Å². The number of hydrogen-bond donors (Lipinski definition) is 1. The van der Waals surface area contributed by atoms with Gasteiger partial charge in [0.1, 0.15) is 0 Å². The first-order valence-electron chi connectivity index (χ1n) is 6.41. The van der Waals surface area contributed by atoms with Gasteiger partial charge in [-0.3, -0.25) is 4.79 Å². The predicted molar refractivity (Wildman–Crippen MR) is 83.8 cm³/mol. The van der Waals surface area contributed by atoms with Gasteiger partial charge in [-0.1, -0.05) is 17.7 Å². The van der Waals surface area contributed by atoms with Crippen molar-refractivity contribution in [1.82, 2.24) is 0 Å². The van der Waals surface area contributed by atoms with Crippen LogP contribution in [0, 0.1) is 6.92 Å². The summed E-state index contributed by atoms with van der Waals surface area (Å²) in [5, 5.41) is 2.92. The molecule has 2 aromatic rings. The second-order valence-electron chi connectivity index (χ2n) is 4.77. The number of amides is 1. The highest BCUT2D eigenvalue weighted by Gasteiger charge is 2.26. The molecule has 1 N–H and O–H groups in total. The van der Waals surface area contributed by atoms with Crippen LogP contribution >= 0.6 is 11.6 Å². The summed E-state index contributed by atoms with van der Waals surface area (Å²) in [6.45, 7) is 1.85. The average molecular weight is 360 g/mol. The number of aryl methyl sites for hydroxylation is 1. The molecule has 0 bridgehead atoms. The summed E-state index contributed by atoms with van der Waals surface area (Å²) in [5.74, 6) is -4.04. The summed E-state index contributed by atoms with van der Waals surface area (Å²) in [4.78, 5) is 11.5. The van der Waals surface area contributed by atoms with Gasteiger partial charge in [-0.2, -0.15) is 8.78 Å². The van der Waals surface area contributed by atoms with Crippen LogP contribution in [-0.4, -0.2) is 20.1 Å². The van der Waals surface area contributed by atoms with Crippen LogP contribution in [0.4, 0.5) is 14.5 Å². The lowest BCUT2D eigenvalue weighted by Crippen LogP contribution is -2.14. The number of alkyl halides is 2. The van der Waals surface area contributed by atoms with Crippen molar-refractivity contribution < 1.29 is 22.0 Å². The highest BCUT2D eigenvalue weighted by Crippen LogP contribution is 2.24. The molecule has 0 unspecified atom stereocenters. The number of hydrogen-bond acceptors (Lipinski definition) is 3. The number of anilines is 1. The lowest BCUT2D eigenvalue weighted by molar-refractivity contribution is 0.102. The molecule has 0 heterocycles. The van der Waals surface area contributed by atoms with Crippen LogP contribution in [-0.2, 0) is 9.84 Å². The SMILES string of the molecule is Cc1ccc(NC(=O)c2ccc(S(=O)(=O)C(F)F)cc2)c(Cl)c1. The van der Waals surface area contributed by atoms with Crippen molar-refractivity contribution in [2.24, 2.45) is 0 Å². The first-order valence-corrected chi connectivity index (χ1v) is 8.34. The van der Waals surface area contributed by atoms with Crippen LogP contribution in [0.1, 0.15) is 15.9 Å². The van der Waals surface area contributed by atoms with Crippen molar-refractivity contribution in [3.05, 3.63) is 58.6 Å². The average Bonchev–Trinajstić information content (AvgIpc) is 2.50. The van der Waals surface area contributed by atoms with Gasteiger partial charge in [0.15, 0.2) is 0 Å². The largest absolute Gasteiger partial charge is 0.341 e. The summed E-state index contributed by atoms with van der Waals surface area (Å²) in [6, 6.07) is 9.32. The lowest BCUT2D eigenvalue weighted by atomic mass is 10.2. The van der Waals surface area contributed by atoms with Crippen LogP contribution in [0.5, 0.6) is 0 Å². The van der Waals surface area contributed by atoms with E-state index >= 15 is 0 Å². The van der Waals surface area contributed by atoms with Gasteiger partial charge in [-0.25, -0.2) is 8.42 Å². The molecule has 122 valence electrons. The van der Waals surface area contributed by atoms with Gasteiger partial charge < -0.3 is 5.32 Å². The van der Waals surface area contributed by atoms with Gasteiger partial charge in [-0.05, 0) is 48.9 Å². The van der Waals surface area contributed by atoms with E-state index in [2.05, 4.69) is 5.32 Å². The van der Waals surface area contributed by atoms with Crippen LogP contribution in [0.2, 0.25) is 5.02 Å². The zero-order chi connectivity index (χ0) is 17.2. The van der Waals surface area contributed by atoms with Gasteiger partial charge in [-0.15, -0.1) is 0 Å². The van der Waals surface area contributed by atoms with Crippen LogP contribution in [0.25, 0.3) is 0 Å². The third-order valence-corrected chi connectivity index (χ3v) is 4.76. The number of rotatable bonds is 4. The minimum Gasteiger partial charge on any atom is -0.321 e. The molecule has 0 atom stereocenters. The van der Waals surface area contributed by atoms with Crippen molar-refractivity contribution in [3.63, 3.8) is 0 Å². The maximum absolute atomic E-state index is 12.4. The molecular weight excluding hydrogens is 348 g/mol. The van der Waals surface area contributed by atoms with E-state index in [1.54, 1.807) is 18.2 Å². The van der Waals surface area contributed by atoms with E-state index in [0.29, 0.717) is 10.7 Å². The zero-order valence-corrected chi connectivity index (χ0v) is 13.5. The Bertz CT molecular complexity index is 836. The molecule has 2 aromatic carbocycles. The summed E-state index contributed by atoms with van der Waals surface area (Å²) >= 11 is 6.00. The second kappa shape index (κ2) is 6.64. The van der Waals surface area contributed by atoms with Crippen molar-refractivity contribution in [2.75, 3.05) is 5.32 Å². The Morgan fingerprint density at radius 2 is 1.74 bits per heavy atom. The van der Waals surface area contributed by atoms with Crippen LogP contribution in [0.3, 0.4) is 0 Å². The van der Waals surface area contributed by atoms with Crippen LogP contribution in [0.15, 0.2) is 47.4 Å². The maximum atomic E-state index is 12.4. The highest BCUT2D eigenvalue weighted by atomic mass is 35.5. The fourth-order valence-corrected chi connectivity index (χ4v) is 2.82. The molecule has 2 rings (SSSR count). The molecule has 4 nitrogen and oxygen atoms in total. The fraction of sp³-hybridized carbons (Fsp3) is 0.133. The molecule has 0 aromatic heterocycles. The van der Waals surface area contributed by atoms with Gasteiger partial charge in [0.25, 0.3) is 5.91 Å². The van der Waals surface area contributed by atoms with Gasteiger partial charge in [0.2, 0.25) is 9.84 Å². The minimum absolute atomic E-state index is 0.120. The first-order chi connectivity index (χ1) is 10.7. The molecule has 0 spiro atoms.